The summed E-state index contributed by atoms with van der Waals surface area (Å²) in [4.78, 5) is 10.5. The first-order chi connectivity index (χ1) is 56.8. The van der Waals surface area contributed by atoms with Crippen molar-refractivity contribution in [2.45, 2.75) is 159 Å². The van der Waals surface area contributed by atoms with Crippen LogP contribution in [0, 0.1) is 27.7 Å². The summed E-state index contributed by atoms with van der Waals surface area (Å²) in [5, 5.41) is 0. The van der Waals surface area contributed by atoms with E-state index in [0.29, 0.717) is 0 Å². The molecule has 119 heavy (non-hydrogen) atoms. The lowest BCUT2D eigenvalue weighted by atomic mass is 9.33. The quantitative estimate of drug-likeness (QED) is 0.101. The number of nitrogens with zero attached hydrogens (tertiary/aromatic N) is 4. The predicted octanol–water partition coefficient (Wildman–Crippen LogP) is 30.4. The van der Waals surface area contributed by atoms with Gasteiger partial charge in [0.25, 0.3) is 6.71 Å². The number of benzene rings is 15. The molecule has 0 aromatic heterocycles. The van der Waals surface area contributed by atoms with Crippen LogP contribution in [-0.4, -0.2) is 6.71 Å². The highest BCUT2D eigenvalue weighted by Crippen LogP contribution is 2.55. The number of hydrogen-bond acceptors (Lipinski definition) is 4. The molecule has 0 aliphatic carbocycles. The molecule has 4 nitrogen and oxygen atoms in total. The Labute approximate surface area is 709 Å². The molecule has 0 saturated carbocycles. The molecule has 0 N–H and O–H groups in total. The Bertz CT molecular complexity index is 5950. The highest BCUT2D eigenvalue weighted by atomic mass is 15.2. The summed E-state index contributed by atoms with van der Waals surface area (Å²) >= 11 is 0. The Kier molecular flexibility index (Phi) is 20.3. The molecule has 0 amide bonds. The van der Waals surface area contributed by atoms with E-state index < -0.39 is 0 Å². The van der Waals surface area contributed by atoms with Crippen molar-refractivity contribution in [1.82, 2.24) is 0 Å². The van der Waals surface area contributed by atoms with Crippen molar-refractivity contribution in [2.24, 2.45) is 0 Å². The van der Waals surface area contributed by atoms with Crippen LogP contribution < -0.4 is 36.0 Å². The molecule has 0 unspecified atom stereocenters. The predicted molar refractivity (Wildman–Crippen MR) is 515 cm³/mol. The fraction of sp³-hybridized carbons (Fsp3) is 0.211. The van der Waals surface area contributed by atoms with Gasteiger partial charge in [0.15, 0.2) is 0 Å². The smallest absolute Gasteiger partial charge is 0.252 e. The highest BCUT2D eigenvalue weighted by Gasteiger charge is 2.46. The first kappa shape index (κ1) is 79.1. The zero-order chi connectivity index (χ0) is 83.4. The van der Waals surface area contributed by atoms with Crippen LogP contribution in [0.2, 0.25) is 0 Å². The van der Waals surface area contributed by atoms with E-state index in [2.05, 4.69) is 479 Å². The summed E-state index contributed by atoms with van der Waals surface area (Å²) < 4.78 is 0. The van der Waals surface area contributed by atoms with Gasteiger partial charge in [-0.05, 0) is 286 Å². The number of anilines is 12. The summed E-state index contributed by atoms with van der Waals surface area (Å²) in [5.74, 6) is 0. The van der Waals surface area contributed by atoms with E-state index >= 15 is 0 Å². The summed E-state index contributed by atoms with van der Waals surface area (Å²) in [6.07, 6.45) is 0. The van der Waals surface area contributed by atoms with Crippen molar-refractivity contribution in [1.29, 1.82) is 0 Å². The molecule has 2 heterocycles. The Morgan fingerprint density at radius 1 is 0.218 bits per heavy atom. The zero-order valence-electron chi connectivity index (χ0n) is 73.0. The minimum absolute atomic E-state index is 0.0684. The zero-order valence-corrected chi connectivity index (χ0v) is 73.0. The van der Waals surface area contributed by atoms with Gasteiger partial charge in [0, 0.05) is 56.6 Å². The van der Waals surface area contributed by atoms with Gasteiger partial charge in [0.1, 0.15) is 0 Å². The number of fused-ring (bicyclic) bond motifs is 4. The van der Waals surface area contributed by atoms with Crippen LogP contribution in [0.5, 0.6) is 0 Å². The van der Waals surface area contributed by atoms with E-state index in [1.807, 2.05) is 0 Å². The standard InChI is InChI=1S/C114H111BN4/c1-74-63-83(78-35-25-20-26-36-78)64-75(2)108(74)118-103-72-93(116(91-52-45-86(46-53-91)110(5,6)7)101-61-50-89(113(14,15)16)70-97(101)81-41-31-23-32-42-81)56-59-99(103)115-100-60-57-94(117(92-54-47-87(48-55-92)111(8,9)10)102-62-51-90(114(17,18)19)71-98(102)82-43-33-24-34-44-82)73-104(100)119(109-76(3)65-84(66-77(109)4)79-37-27-21-28-38-79)106-68-85(67-105(118)107(106)115)95-58-49-88(112(11,12)13)69-96(95)80-39-29-22-30-40-80/h20-73H,1-19H3. The van der Waals surface area contributed by atoms with E-state index in [0.717, 1.165) is 90.5 Å². The second-order valence-corrected chi connectivity index (χ2v) is 38.5. The van der Waals surface area contributed by atoms with Crippen LogP contribution >= 0.6 is 0 Å². The molecule has 2 aliphatic heterocycles. The molecular weight excluding hydrogens is 1440 g/mol. The maximum Gasteiger partial charge on any atom is 0.252 e. The van der Waals surface area contributed by atoms with E-state index in [-0.39, 0.29) is 33.8 Å². The van der Waals surface area contributed by atoms with Crippen molar-refractivity contribution >= 4 is 91.3 Å². The molecule has 17 rings (SSSR count). The summed E-state index contributed by atoms with van der Waals surface area (Å²) in [6, 6.07) is 126. The minimum atomic E-state index is -0.282. The molecule has 0 atom stereocenters. The van der Waals surface area contributed by atoms with E-state index in [1.165, 1.54) is 111 Å². The third-order valence-electron chi connectivity index (χ3n) is 24.8. The first-order valence-corrected chi connectivity index (χ1v) is 42.6. The van der Waals surface area contributed by atoms with E-state index in [4.69, 9.17) is 0 Å². The maximum absolute atomic E-state index is 2.70. The third kappa shape index (κ3) is 15.0. The fourth-order valence-corrected chi connectivity index (χ4v) is 18.4. The largest absolute Gasteiger partial charge is 0.311 e. The molecule has 15 aromatic rings. The Morgan fingerprint density at radius 2 is 0.504 bits per heavy atom. The Balaban J connectivity index is 1.03. The van der Waals surface area contributed by atoms with Gasteiger partial charge in [-0.25, -0.2) is 0 Å². The Hall–Kier alpha value is -12.4. The monoisotopic (exact) mass is 1550 g/mol. The van der Waals surface area contributed by atoms with Crippen LogP contribution in [0.15, 0.2) is 328 Å². The lowest BCUT2D eigenvalue weighted by Crippen LogP contribution is -2.61. The van der Waals surface area contributed by atoms with Gasteiger partial charge >= 0.3 is 0 Å². The van der Waals surface area contributed by atoms with E-state index in [1.54, 1.807) is 0 Å². The van der Waals surface area contributed by atoms with Crippen molar-refractivity contribution in [3.05, 3.63) is 378 Å². The Morgan fingerprint density at radius 3 is 0.832 bits per heavy atom. The van der Waals surface area contributed by atoms with Crippen molar-refractivity contribution in [3.63, 3.8) is 0 Å². The van der Waals surface area contributed by atoms with Crippen LogP contribution in [0.25, 0.3) is 66.8 Å². The number of rotatable bonds is 14. The molecule has 0 radical (unpaired) electrons. The van der Waals surface area contributed by atoms with Gasteiger partial charge < -0.3 is 19.6 Å². The second-order valence-electron chi connectivity index (χ2n) is 38.5. The molecule has 590 valence electrons. The molecule has 2 aliphatic rings. The normalized spacial score (nSPS) is 12.8. The molecule has 0 fully saturated rings. The van der Waals surface area contributed by atoms with Gasteiger partial charge in [-0.15, -0.1) is 0 Å². The summed E-state index contributed by atoms with van der Waals surface area (Å²) in [5.41, 5.74) is 41.6. The van der Waals surface area contributed by atoms with Crippen molar-refractivity contribution < 1.29 is 0 Å². The average molecular weight is 1550 g/mol. The molecule has 0 spiro atoms. The SMILES string of the molecule is Cc1cc(-c2ccccc2)cc(C)c1N1c2cc(N(c3ccc(C(C)(C)C)cc3)c3ccc(C(C)(C)C)cc3-c3ccccc3)ccc2B2c3ccc(N(c4ccc(C(C)(C)C)cc4)c4ccc(C(C)(C)C)cc4-c4ccccc4)cc3N(c3c(C)cc(-c4ccccc4)cc3C)c3cc(-c4ccc(C(C)(C)C)cc4-c4ccccc4)cc1c32. The first-order valence-electron chi connectivity index (χ1n) is 42.6. The molecule has 15 aromatic carbocycles. The molecular formula is C114H111BN4. The number of aryl methyl sites for hydroxylation is 4. The molecule has 5 heteroatoms. The van der Waals surface area contributed by atoms with E-state index in [9.17, 15) is 0 Å². The topological polar surface area (TPSA) is 13.0 Å². The van der Waals surface area contributed by atoms with Crippen LogP contribution in [0.3, 0.4) is 0 Å². The minimum Gasteiger partial charge on any atom is -0.311 e. The van der Waals surface area contributed by atoms with Gasteiger partial charge in [-0.2, -0.15) is 0 Å². The average Bonchev–Trinajstić information content (AvgIpc) is 0.687. The van der Waals surface area contributed by atoms with Gasteiger partial charge in [-0.3, -0.25) is 0 Å². The fourth-order valence-electron chi connectivity index (χ4n) is 18.4. The van der Waals surface area contributed by atoms with Gasteiger partial charge in [-0.1, -0.05) is 322 Å². The maximum atomic E-state index is 2.70. The van der Waals surface area contributed by atoms with Crippen molar-refractivity contribution in [3.8, 4) is 66.8 Å². The van der Waals surface area contributed by atoms with Crippen LogP contribution in [0.4, 0.5) is 68.2 Å². The molecule has 0 saturated heterocycles. The molecule has 0 bridgehead atoms. The summed E-state index contributed by atoms with van der Waals surface area (Å²) in [7, 11) is 0. The van der Waals surface area contributed by atoms with Gasteiger partial charge in [0.05, 0.1) is 22.7 Å². The van der Waals surface area contributed by atoms with Crippen LogP contribution in [-0.2, 0) is 27.1 Å². The number of hydrogen-bond donors (Lipinski definition) is 0. The third-order valence-corrected chi connectivity index (χ3v) is 24.8. The summed E-state index contributed by atoms with van der Waals surface area (Å²) in [6.45, 7) is 44.0. The van der Waals surface area contributed by atoms with Crippen molar-refractivity contribution in [2.75, 3.05) is 19.6 Å². The highest BCUT2D eigenvalue weighted by molar-refractivity contribution is 7.00. The van der Waals surface area contributed by atoms with Crippen LogP contribution in [0.1, 0.15) is 154 Å². The van der Waals surface area contributed by atoms with Gasteiger partial charge in [0.2, 0.25) is 0 Å². The lowest BCUT2D eigenvalue weighted by molar-refractivity contribution is 0.590. The lowest BCUT2D eigenvalue weighted by Gasteiger charge is -2.46. The second kappa shape index (κ2) is 30.5.